The molecule has 3 aromatic rings. The number of hydrogen-bond donors (Lipinski definition) is 1. The van der Waals surface area contributed by atoms with Crippen molar-refractivity contribution in [1.82, 2.24) is 9.88 Å². The van der Waals surface area contributed by atoms with Gasteiger partial charge < -0.3 is 14.6 Å². The lowest BCUT2D eigenvalue weighted by Gasteiger charge is -2.44. The van der Waals surface area contributed by atoms with Crippen molar-refractivity contribution >= 4 is 39.1 Å². The van der Waals surface area contributed by atoms with E-state index in [-0.39, 0.29) is 17.9 Å². The number of nitrogens with one attached hydrogen (secondary N) is 1. The van der Waals surface area contributed by atoms with Crippen LogP contribution in [0.5, 0.6) is 5.75 Å². The molecule has 1 aliphatic heterocycles. The van der Waals surface area contributed by atoms with Gasteiger partial charge in [0, 0.05) is 16.6 Å². The van der Waals surface area contributed by atoms with Crippen molar-refractivity contribution in [3.8, 4) is 5.75 Å². The van der Waals surface area contributed by atoms with Gasteiger partial charge in [-0.3, -0.25) is 14.5 Å². The Kier molecular flexibility index (Phi) is 6.15. The summed E-state index contributed by atoms with van der Waals surface area (Å²) in [6.45, 7) is 6.99. The summed E-state index contributed by atoms with van der Waals surface area (Å²) >= 11 is 1.73. The third-order valence-electron chi connectivity index (χ3n) is 7.21. The number of amides is 2. The molecule has 34 heavy (non-hydrogen) atoms. The summed E-state index contributed by atoms with van der Waals surface area (Å²) in [5.41, 5.74) is 1.35. The number of ether oxygens (including phenoxy) is 1. The highest BCUT2D eigenvalue weighted by Crippen LogP contribution is 2.39. The maximum absolute atomic E-state index is 14.0. The second-order valence-corrected chi connectivity index (χ2v) is 10.7. The van der Waals surface area contributed by atoms with E-state index in [9.17, 15) is 9.59 Å². The van der Waals surface area contributed by atoms with E-state index in [0.717, 1.165) is 48.1 Å². The van der Waals surface area contributed by atoms with Gasteiger partial charge in [0.05, 0.1) is 23.4 Å². The minimum atomic E-state index is -1.05. The number of carbonyl (C=O) groups excluding carboxylic acids is 2. The van der Waals surface area contributed by atoms with Crippen molar-refractivity contribution < 1.29 is 14.3 Å². The topological polar surface area (TPSA) is 63.6 Å². The molecule has 2 aliphatic rings. The van der Waals surface area contributed by atoms with Gasteiger partial charge in [0.1, 0.15) is 17.0 Å². The molecular weight excluding hydrogens is 446 g/mol. The third-order valence-corrected chi connectivity index (χ3v) is 8.42. The monoisotopic (exact) mass is 479 g/mol. The highest BCUT2D eigenvalue weighted by atomic mass is 32.1. The van der Waals surface area contributed by atoms with Gasteiger partial charge >= 0.3 is 0 Å². The van der Waals surface area contributed by atoms with E-state index in [1.807, 2.05) is 44.2 Å². The third kappa shape index (κ3) is 3.90. The lowest BCUT2D eigenvalue weighted by Crippen LogP contribution is -2.65. The van der Waals surface area contributed by atoms with Gasteiger partial charge in [0.2, 0.25) is 5.91 Å². The molecule has 1 atom stereocenters. The van der Waals surface area contributed by atoms with Crippen molar-refractivity contribution in [2.24, 2.45) is 0 Å². The molecule has 1 N–H and O–H groups in total. The second-order valence-electron chi connectivity index (χ2n) is 9.58. The van der Waals surface area contributed by atoms with Crippen LogP contribution < -0.4 is 15.0 Å². The molecule has 0 bridgehead atoms. The fourth-order valence-corrected chi connectivity index (χ4v) is 6.39. The van der Waals surface area contributed by atoms with Gasteiger partial charge in [-0.15, -0.1) is 11.3 Å². The minimum Gasteiger partial charge on any atom is -0.494 e. The number of anilines is 1. The summed E-state index contributed by atoms with van der Waals surface area (Å²) in [5, 5.41) is 3.30. The normalized spacial score (nSPS) is 21.0. The summed E-state index contributed by atoms with van der Waals surface area (Å²) in [6.07, 6.45) is 6.47. The molecule has 2 amide bonds. The molecule has 1 aliphatic carbocycles. The Morgan fingerprint density at radius 2 is 1.88 bits per heavy atom. The van der Waals surface area contributed by atoms with Gasteiger partial charge in [0.15, 0.2) is 0 Å². The van der Waals surface area contributed by atoms with E-state index in [0.29, 0.717) is 24.5 Å². The van der Waals surface area contributed by atoms with E-state index in [4.69, 9.17) is 4.74 Å². The number of aromatic nitrogens is 1. The van der Waals surface area contributed by atoms with Crippen molar-refractivity contribution in [2.75, 3.05) is 11.5 Å². The summed E-state index contributed by atoms with van der Waals surface area (Å²) in [7, 11) is 0. The zero-order valence-electron chi connectivity index (χ0n) is 20.2. The number of aryl methyl sites for hydroxylation is 1. The van der Waals surface area contributed by atoms with Gasteiger partial charge in [-0.05, 0) is 69.5 Å². The molecule has 6 nitrogen and oxygen atoms in total. The Labute approximate surface area is 204 Å². The van der Waals surface area contributed by atoms with E-state index in [1.165, 1.54) is 11.3 Å². The van der Waals surface area contributed by atoms with Crippen LogP contribution in [0.3, 0.4) is 0 Å². The molecule has 3 heterocycles. The first-order valence-electron chi connectivity index (χ1n) is 12.4. The smallest absolute Gasteiger partial charge is 0.275 e. The molecule has 5 rings (SSSR count). The van der Waals surface area contributed by atoms with Crippen LogP contribution in [0.4, 0.5) is 5.69 Å². The average molecular weight is 480 g/mol. The predicted octanol–water partition coefficient (Wildman–Crippen LogP) is 5.53. The summed E-state index contributed by atoms with van der Waals surface area (Å²) in [5.74, 6) is 0.526. The maximum Gasteiger partial charge on any atom is 0.275 e. The zero-order chi connectivity index (χ0) is 23.9. The lowest BCUT2D eigenvalue weighted by atomic mass is 9.91. The zero-order valence-corrected chi connectivity index (χ0v) is 21.0. The molecule has 1 fully saturated rings. The van der Waals surface area contributed by atoms with Crippen LogP contribution in [0.2, 0.25) is 0 Å². The molecule has 2 aromatic heterocycles. The number of thiophene rings is 1. The molecule has 0 saturated heterocycles. The number of rotatable bonds is 6. The second kappa shape index (κ2) is 9.10. The summed E-state index contributed by atoms with van der Waals surface area (Å²) in [6, 6.07) is 11.8. The Balaban J connectivity index is 1.57. The van der Waals surface area contributed by atoms with Gasteiger partial charge in [-0.1, -0.05) is 26.2 Å². The lowest BCUT2D eigenvalue weighted by molar-refractivity contribution is -0.127. The molecular formula is C27H33N3O3S. The predicted molar refractivity (Wildman–Crippen MR) is 137 cm³/mol. The SMILES string of the molecule is CCOc1ccc(N2C(=O)c3cc4sc(CC)cc4n3C[C@@]2(C)C(=O)NC2CCCCC2)cc1. The van der Waals surface area contributed by atoms with Crippen molar-refractivity contribution in [3.63, 3.8) is 0 Å². The number of fused-ring (bicyclic) bond motifs is 3. The first kappa shape index (κ1) is 23.0. The molecule has 180 valence electrons. The average Bonchev–Trinajstić information content (AvgIpc) is 3.39. The van der Waals surface area contributed by atoms with Crippen LogP contribution in [0.15, 0.2) is 36.4 Å². The van der Waals surface area contributed by atoms with Crippen molar-refractivity contribution in [3.05, 3.63) is 47.0 Å². The maximum atomic E-state index is 14.0. The van der Waals surface area contributed by atoms with Crippen LogP contribution in [0, 0.1) is 0 Å². The van der Waals surface area contributed by atoms with Gasteiger partial charge in [-0.25, -0.2) is 0 Å². The molecule has 1 saturated carbocycles. The first-order chi connectivity index (χ1) is 16.4. The minimum absolute atomic E-state index is 0.0833. The van der Waals surface area contributed by atoms with Crippen LogP contribution in [-0.4, -0.2) is 34.6 Å². The molecule has 1 aromatic carbocycles. The fraction of sp³-hybridized carbons (Fsp3) is 0.481. The Morgan fingerprint density at radius 1 is 1.15 bits per heavy atom. The molecule has 0 radical (unpaired) electrons. The summed E-state index contributed by atoms with van der Waals surface area (Å²) < 4.78 is 8.75. The molecule has 0 unspecified atom stereocenters. The van der Waals surface area contributed by atoms with E-state index >= 15 is 0 Å². The highest BCUT2D eigenvalue weighted by Gasteiger charge is 2.49. The molecule has 7 heteroatoms. The largest absolute Gasteiger partial charge is 0.494 e. The first-order valence-corrected chi connectivity index (χ1v) is 13.3. The number of hydrogen-bond acceptors (Lipinski definition) is 4. The van der Waals surface area contributed by atoms with Crippen molar-refractivity contribution in [1.29, 1.82) is 0 Å². The Bertz CT molecular complexity index is 1210. The van der Waals surface area contributed by atoms with Crippen LogP contribution in [0.1, 0.15) is 68.2 Å². The van der Waals surface area contributed by atoms with E-state index in [1.54, 1.807) is 16.2 Å². The number of carbonyl (C=O) groups is 2. The Hall–Kier alpha value is -2.80. The van der Waals surface area contributed by atoms with Crippen LogP contribution in [0.25, 0.3) is 10.2 Å². The van der Waals surface area contributed by atoms with E-state index < -0.39 is 5.54 Å². The number of nitrogens with zero attached hydrogens (tertiary/aromatic N) is 2. The standard InChI is InChI=1S/C27H33N3O3S/c1-4-21-15-22-24(34-21)16-23-25(31)30(19-11-13-20(14-12-19)33-5-2)27(3,17-29(22)23)26(32)28-18-9-7-6-8-10-18/h11-16,18H,4-10,17H2,1-3H3,(H,28,32)/t27-/m0/s1. The Morgan fingerprint density at radius 3 is 2.56 bits per heavy atom. The number of benzene rings is 1. The summed E-state index contributed by atoms with van der Waals surface area (Å²) in [4.78, 5) is 30.8. The van der Waals surface area contributed by atoms with Crippen LogP contribution in [-0.2, 0) is 17.8 Å². The van der Waals surface area contributed by atoms with Crippen LogP contribution >= 0.6 is 11.3 Å². The fourth-order valence-electron chi connectivity index (χ4n) is 5.35. The quantitative estimate of drug-likeness (QED) is 0.505. The molecule has 0 spiro atoms. The van der Waals surface area contributed by atoms with Crippen molar-refractivity contribution in [2.45, 2.75) is 77.4 Å². The van der Waals surface area contributed by atoms with Gasteiger partial charge in [0.25, 0.3) is 5.91 Å². The van der Waals surface area contributed by atoms with Gasteiger partial charge in [-0.2, -0.15) is 0 Å². The highest BCUT2D eigenvalue weighted by molar-refractivity contribution is 7.19. The van der Waals surface area contributed by atoms with E-state index in [2.05, 4.69) is 22.9 Å².